The monoisotopic (exact) mass is 363 g/mol. The van der Waals surface area contributed by atoms with Gasteiger partial charge in [0.2, 0.25) is 0 Å². The van der Waals surface area contributed by atoms with Gasteiger partial charge in [0, 0.05) is 24.4 Å². The first-order chi connectivity index (χ1) is 11.3. The van der Waals surface area contributed by atoms with Gasteiger partial charge < -0.3 is 9.76 Å². The molecule has 140 valence electrons. The summed E-state index contributed by atoms with van der Waals surface area (Å²) in [6.07, 6.45) is 1.05. The summed E-state index contributed by atoms with van der Waals surface area (Å²) in [6, 6.07) is 4.53. The van der Waals surface area contributed by atoms with Crippen molar-refractivity contribution in [3.63, 3.8) is 0 Å². The molecule has 0 unspecified atom stereocenters. The number of hydrogen-bond donors (Lipinski definition) is 2. The third-order valence-electron chi connectivity index (χ3n) is 5.38. The molecular formula is C20H34BNO2S. The molecule has 0 fully saturated rings. The number of nitrogens with zero attached hydrogens (tertiary/aromatic N) is 1. The van der Waals surface area contributed by atoms with Crippen LogP contribution in [-0.2, 0) is 17.6 Å². The number of thiol groups is 1. The topological polar surface area (TPSA) is 32.7 Å². The Hall–Kier alpha value is -0.485. The van der Waals surface area contributed by atoms with Crippen LogP contribution < -0.4 is 5.46 Å². The Bertz CT molecular complexity index is 617. The zero-order valence-electron chi connectivity index (χ0n) is 16.9. The smallest absolute Gasteiger partial charge is 0.309 e. The van der Waals surface area contributed by atoms with Crippen LogP contribution in [0.4, 0.5) is 0 Å². The third-order valence-corrected chi connectivity index (χ3v) is 5.92. The van der Waals surface area contributed by atoms with Gasteiger partial charge in [-0.3, -0.25) is 4.90 Å². The van der Waals surface area contributed by atoms with Crippen LogP contribution in [0.5, 0.6) is 0 Å². The van der Waals surface area contributed by atoms with Crippen molar-refractivity contribution in [1.29, 1.82) is 0 Å². The van der Waals surface area contributed by atoms with E-state index in [-0.39, 0.29) is 10.3 Å². The summed E-state index contributed by atoms with van der Waals surface area (Å²) < 4.78 is 5.99. The summed E-state index contributed by atoms with van der Waals surface area (Å²) in [5.41, 5.74) is 4.43. The van der Waals surface area contributed by atoms with Gasteiger partial charge in [0.15, 0.2) is 0 Å². The zero-order chi connectivity index (χ0) is 19.0. The molecule has 0 atom stereocenters. The Balaban J connectivity index is 2.14. The largest absolute Gasteiger partial charge is 0.428 e. The van der Waals surface area contributed by atoms with Gasteiger partial charge in [-0.1, -0.05) is 17.6 Å². The second-order valence-corrected chi connectivity index (χ2v) is 10.3. The first kappa shape index (κ1) is 20.8. The number of rotatable bonds is 6. The minimum atomic E-state index is -0.657. The van der Waals surface area contributed by atoms with Gasteiger partial charge >= 0.3 is 7.48 Å². The molecule has 0 aromatic heterocycles. The zero-order valence-corrected chi connectivity index (χ0v) is 17.8. The van der Waals surface area contributed by atoms with Crippen molar-refractivity contribution in [2.45, 2.75) is 77.4 Å². The van der Waals surface area contributed by atoms with Crippen molar-refractivity contribution in [3.8, 4) is 0 Å². The van der Waals surface area contributed by atoms with Crippen LogP contribution >= 0.6 is 12.6 Å². The lowest BCUT2D eigenvalue weighted by atomic mass is 9.80. The Morgan fingerprint density at radius 2 is 1.84 bits per heavy atom. The molecular weight excluding hydrogens is 329 g/mol. The Kier molecular flexibility index (Phi) is 6.05. The molecule has 3 nitrogen and oxygen atoms in total. The van der Waals surface area contributed by atoms with Crippen LogP contribution in [0.1, 0.15) is 58.2 Å². The molecule has 0 saturated carbocycles. The Labute approximate surface area is 159 Å². The molecule has 0 spiro atoms. The lowest BCUT2D eigenvalue weighted by Crippen LogP contribution is -2.46. The summed E-state index contributed by atoms with van der Waals surface area (Å²) in [7, 11) is 0.594. The molecule has 1 heterocycles. The van der Waals surface area contributed by atoms with E-state index in [0.29, 0.717) is 14.0 Å². The van der Waals surface area contributed by atoms with Gasteiger partial charge in [0.1, 0.15) is 0 Å². The molecule has 0 radical (unpaired) electrons. The van der Waals surface area contributed by atoms with Crippen molar-refractivity contribution in [2.24, 2.45) is 0 Å². The number of hydrogen-bond acceptors (Lipinski definition) is 4. The lowest BCUT2D eigenvalue weighted by molar-refractivity contribution is 0.0317. The molecule has 0 aliphatic carbocycles. The lowest BCUT2D eigenvalue weighted by Gasteiger charge is -2.38. The number of aliphatic hydroxyl groups is 1. The highest BCUT2D eigenvalue weighted by Gasteiger charge is 2.34. The van der Waals surface area contributed by atoms with E-state index in [1.54, 1.807) is 0 Å². The average molecular weight is 363 g/mol. The number of benzene rings is 1. The molecule has 0 saturated heterocycles. The van der Waals surface area contributed by atoms with E-state index < -0.39 is 5.60 Å². The van der Waals surface area contributed by atoms with Crippen LogP contribution in [0.25, 0.3) is 0 Å². The molecule has 1 aromatic rings. The minimum Gasteiger partial charge on any atom is -0.428 e. The van der Waals surface area contributed by atoms with E-state index >= 15 is 0 Å². The van der Waals surface area contributed by atoms with Crippen LogP contribution in [0.3, 0.4) is 0 Å². The van der Waals surface area contributed by atoms with Crippen LogP contribution in [-0.4, -0.2) is 46.5 Å². The van der Waals surface area contributed by atoms with Gasteiger partial charge in [0.05, 0.1) is 11.2 Å². The molecule has 0 amide bonds. The highest BCUT2D eigenvalue weighted by Crippen LogP contribution is 2.30. The highest BCUT2D eigenvalue weighted by molar-refractivity contribution is 7.81. The maximum atomic E-state index is 10.1. The van der Waals surface area contributed by atoms with Gasteiger partial charge in [0.25, 0.3) is 0 Å². The second-order valence-electron chi connectivity index (χ2n) is 9.18. The maximum absolute atomic E-state index is 10.1. The van der Waals surface area contributed by atoms with Crippen molar-refractivity contribution < 1.29 is 9.76 Å². The van der Waals surface area contributed by atoms with E-state index in [9.17, 15) is 5.11 Å². The van der Waals surface area contributed by atoms with E-state index in [2.05, 4.69) is 64.3 Å². The first-order valence-electron chi connectivity index (χ1n) is 9.21. The Morgan fingerprint density at radius 3 is 2.40 bits per heavy atom. The molecule has 25 heavy (non-hydrogen) atoms. The maximum Gasteiger partial charge on any atom is 0.309 e. The SMILES string of the molecule is Cc1cc(BOC(C)(C)C(C)(C)S)cc2c1CCN(CC(C)(C)O)C2. The fourth-order valence-electron chi connectivity index (χ4n) is 3.27. The highest BCUT2D eigenvalue weighted by atomic mass is 32.1. The van der Waals surface area contributed by atoms with Gasteiger partial charge in [-0.2, -0.15) is 12.6 Å². The molecule has 5 heteroatoms. The number of aryl methyl sites for hydroxylation is 1. The van der Waals surface area contributed by atoms with E-state index in [4.69, 9.17) is 4.65 Å². The summed E-state index contributed by atoms with van der Waals surface area (Å²) in [5.74, 6) is 0. The molecule has 1 aromatic carbocycles. The molecule has 2 rings (SSSR count). The van der Waals surface area contributed by atoms with Crippen LogP contribution in [0.2, 0.25) is 0 Å². The summed E-state index contributed by atoms with van der Waals surface area (Å²) >= 11 is 4.68. The standard InChI is InChI=1S/C20H34BNO2S/c1-14-10-16(21-24-19(4,5)20(6,7)25)11-15-12-22(9-8-17(14)15)13-18(2,3)23/h10-11,21,23,25H,8-9,12-13H2,1-7H3. The number of β-amino-alcohol motifs (C(OH)–C–C–N with tert-alkyl or cyclic N) is 1. The molecule has 0 bridgehead atoms. The normalized spacial score (nSPS) is 16.7. The third kappa shape index (κ3) is 5.49. The fourth-order valence-corrected chi connectivity index (χ4v) is 3.33. The molecule has 1 aliphatic rings. The quantitative estimate of drug-likeness (QED) is 0.602. The van der Waals surface area contributed by atoms with Gasteiger partial charge in [-0.05, 0) is 71.6 Å². The molecule has 1 aliphatic heterocycles. The van der Waals surface area contributed by atoms with Crippen molar-refractivity contribution in [2.75, 3.05) is 13.1 Å². The Morgan fingerprint density at radius 1 is 1.20 bits per heavy atom. The summed E-state index contributed by atoms with van der Waals surface area (Å²) in [6.45, 7) is 16.9. The molecule has 1 N–H and O–H groups in total. The van der Waals surface area contributed by atoms with Crippen molar-refractivity contribution >= 4 is 25.6 Å². The summed E-state index contributed by atoms with van der Waals surface area (Å²) in [4.78, 5) is 2.34. The van der Waals surface area contributed by atoms with Crippen LogP contribution in [0, 0.1) is 6.92 Å². The number of fused-ring (bicyclic) bond motifs is 1. The van der Waals surface area contributed by atoms with E-state index in [1.807, 2.05) is 13.8 Å². The van der Waals surface area contributed by atoms with Gasteiger partial charge in [-0.15, -0.1) is 0 Å². The average Bonchev–Trinajstić information content (AvgIpc) is 2.42. The van der Waals surface area contributed by atoms with Crippen molar-refractivity contribution in [3.05, 3.63) is 28.8 Å². The second kappa shape index (κ2) is 7.26. The van der Waals surface area contributed by atoms with E-state index in [1.165, 1.54) is 22.2 Å². The van der Waals surface area contributed by atoms with Gasteiger partial charge in [-0.25, -0.2) is 0 Å². The first-order valence-corrected chi connectivity index (χ1v) is 9.65. The predicted molar refractivity (Wildman–Crippen MR) is 111 cm³/mol. The fraction of sp³-hybridized carbons (Fsp3) is 0.700. The van der Waals surface area contributed by atoms with Crippen LogP contribution in [0.15, 0.2) is 12.1 Å². The summed E-state index contributed by atoms with van der Waals surface area (Å²) in [5, 5.41) is 10.1. The minimum absolute atomic E-state index is 0.209. The predicted octanol–water partition coefficient (Wildman–Crippen LogP) is 2.60. The van der Waals surface area contributed by atoms with E-state index in [0.717, 1.165) is 19.5 Å². The van der Waals surface area contributed by atoms with Crippen molar-refractivity contribution in [1.82, 2.24) is 4.90 Å².